The zero-order valence-electron chi connectivity index (χ0n) is 16.6. The van der Waals surface area contributed by atoms with Crippen LogP contribution in [-0.4, -0.2) is 79.5 Å². The molecule has 1 aromatic carbocycles. The van der Waals surface area contributed by atoms with E-state index in [0.29, 0.717) is 58.3 Å². The number of ether oxygens (including phenoxy) is 1. The Bertz CT molecular complexity index is 785. The molecule has 1 aromatic rings. The van der Waals surface area contributed by atoms with E-state index in [0.717, 1.165) is 36.1 Å². The standard InChI is InChI=1S/C20H31N3O4S/c1-16-4-7-22(8-5-16)28(25,26)23-11-9-21(10-12-23)15-19(24)17-2-3-20-18(14-17)6-13-27-20/h2-3,14,16,19,24H,4-13,15H2,1H3/t19-/m1/s1. The van der Waals surface area contributed by atoms with Crippen LogP contribution in [0.15, 0.2) is 18.2 Å². The third-order valence-corrected chi connectivity index (χ3v) is 8.29. The first-order valence-corrected chi connectivity index (χ1v) is 11.7. The maximum Gasteiger partial charge on any atom is 0.282 e. The monoisotopic (exact) mass is 409 g/mol. The first-order chi connectivity index (χ1) is 13.4. The maximum absolute atomic E-state index is 12.9. The molecule has 0 aliphatic carbocycles. The molecule has 0 aromatic heterocycles. The summed E-state index contributed by atoms with van der Waals surface area (Å²) in [5.74, 6) is 1.53. The van der Waals surface area contributed by atoms with E-state index in [2.05, 4.69) is 11.8 Å². The summed E-state index contributed by atoms with van der Waals surface area (Å²) in [4.78, 5) is 2.15. The molecule has 1 N–H and O–H groups in total. The Morgan fingerprint density at radius 1 is 1.11 bits per heavy atom. The van der Waals surface area contributed by atoms with Crippen molar-refractivity contribution in [2.75, 3.05) is 52.4 Å². The lowest BCUT2D eigenvalue weighted by Gasteiger charge is -2.39. The summed E-state index contributed by atoms with van der Waals surface area (Å²) in [5.41, 5.74) is 2.06. The highest BCUT2D eigenvalue weighted by atomic mass is 32.2. The topological polar surface area (TPSA) is 73.3 Å². The predicted octanol–water partition coefficient (Wildman–Crippen LogP) is 1.25. The summed E-state index contributed by atoms with van der Waals surface area (Å²) in [6, 6.07) is 5.89. The van der Waals surface area contributed by atoms with Gasteiger partial charge in [0.05, 0.1) is 12.7 Å². The fourth-order valence-electron chi connectivity index (χ4n) is 4.29. The highest BCUT2D eigenvalue weighted by molar-refractivity contribution is 7.86. The van der Waals surface area contributed by atoms with Crippen LogP contribution in [-0.2, 0) is 16.6 Å². The number of hydrogen-bond acceptors (Lipinski definition) is 5. The molecule has 8 heteroatoms. The van der Waals surface area contributed by atoms with Crippen LogP contribution in [0.5, 0.6) is 5.75 Å². The molecule has 1 atom stereocenters. The van der Waals surface area contributed by atoms with Gasteiger partial charge in [0.1, 0.15) is 5.75 Å². The van der Waals surface area contributed by atoms with Crippen molar-refractivity contribution in [3.05, 3.63) is 29.3 Å². The minimum atomic E-state index is -3.36. The Kier molecular flexibility index (Phi) is 5.94. The van der Waals surface area contributed by atoms with E-state index in [1.54, 1.807) is 8.61 Å². The second-order valence-corrected chi connectivity index (χ2v) is 10.2. The number of hydrogen-bond donors (Lipinski definition) is 1. The number of β-amino-alcohol motifs (C(OH)–C–C–N with tert-alkyl or cyclic N) is 1. The molecule has 156 valence electrons. The van der Waals surface area contributed by atoms with Crippen molar-refractivity contribution in [2.45, 2.75) is 32.3 Å². The number of aliphatic hydroxyl groups is 1. The van der Waals surface area contributed by atoms with Crippen molar-refractivity contribution in [2.24, 2.45) is 5.92 Å². The van der Waals surface area contributed by atoms with Gasteiger partial charge in [-0.05, 0) is 42.0 Å². The smallest absolute Gasteiger partial charge is 0.282 e. The molecule has 4 rings (SSSR count). The molecule has 0 saturated carbocycles. The minimum Gasteiger partial charge on any atom is -0.493 e. The summed E-state index contributed by atoms with van der Waals surface area (Å²) >= 11 is 0. The van der Waals surface area contributed by atoms with Gasteiger partial charge >= 0.3 is 0 Å². The molecule has 7 nitrogen and oxygen atoms in total. The summed E-state index contributed by atoms with van der Waals surface area (Å²) in [6.45, 7) is 6.94. The molecule has 3 aliphatic rings. The van der Waals surface area contributed by atoms with E-state index in [1.807, 2.05) is 18.2 Å². The highest BCUT2D eigenvalue weighted by Gasteiger charge is 2.34. The molecular weight excluding hydrogens is 378 g/mol. The first kappa shape index (κ1) is 20.1. The Morgan fingerprint density at radius 2 is 1.79 bits per heavy atom. The van der Waals surface area contributed by atoms with Crippen molar-refractivity contribution in [3.8, 4) is 5.75 Å². The average molecular weight is 410 g/mol. The van der Waals surface area contributed by atoms with Gasteiger partial charge in [-0.25, -0.2) is 0 Å². The van der Waals surface area contributed by atoms with Crippen LogP contribution < -0.4 is 4.74 Å². The fraction of sp³-hybridized carbons (Fsp3) is 0.700. The van der Waals surface area contributed by atoms with Gasteiger partial charge in [0.25, 0.3) is 10.2 Å². The maximum atomic E-state index is 12.9. The van der Waals surface area contributed by atoms with Crippen LogP contribution in [0.2, 0.25) is 0 Å². The van der Waals surface area contributed by atoms with Gasteiger partial charge in [-0.3, -0.25) is 4.90 Å². The van der Waals surface area contributed by atoms with E-state index >= 15 is 0 Å². The van der Waals surface area contributed by atoms with Gasteiger partial charge in [-0.15, -0.1) is 0 Å². The number of piperazine rings is 1. The van der Waals surface area contributed by atoms with E-state index in [1.165, 1.54) is 0 Å². The van der Waals surface area contributed by atoms with Crippen LogP contribution in [0.25, 0.3) is 0 Å². The molecule has 2 saturated heterocycles. The van der Waals surface area contributed by atoms with Crippen molar-refractivity contribution in [1.29, 1.82) is 0 Å². The van der Waals surface area contributed by atoms with Crippen LogP contribution in [0.4, 0.5) is 0 Å². The normalized spacial score (nSPS) is 24.1. The molecule has 0 amide bonds. The zero-order chi connectivity index (χ0) is 19.7. The quantitative estimate of drug-likeness (QED) is 0.792. The number of nitrogens with zero attached hydrogens (tertiary/aromatic N) is 3. The Balaban J connectivity index is 1.30. The zero-order valence-corrected chi connectivity index (χ0v) is 17.4. The highest BCUT2D eigenvalue weighted by Crippen LogP contribution is 2.29. The second kappa shape index (κ2) is 8.28. The van der Waals surface area contributed by atoms with Crippen molar-refractivity contribution in [3.63, 3.8) is 0 Å². The molecule has 3 heterocycles. The number of rotatable bonds is 5. The van der Waals surface area contributed by atoms with Crippen LogP contribution in [0.3, 0.4) is 0 Å². The Labute approximate surface area is 168 Å². The van der Waals surface area contributed by atoms with E-state index in [9.17, 15) is 13.5 Å². The molecule has 2 fully saturated rings. The number of fused-ring (bicyclic) bond motifs is 1. The molecular formula is C20H31N3O4S. The summed E-state index contributed by atoms with van der Waals surface area (Å²) in [6.07, 6.45) is 2.20. The molecule has 0 unspecified atom stereocenters. The summed E-state index contributed by atoms with van der Waals surface area (Å²) in [5, 5.41) is 10.6. The van der Waals surface area contributed by atoms with Crippen LogP contribution >= 0.6 is 0 Å². The SMILES string of the molecule is CC1CCN(S(=O)(=O)N2CCN(C[C@@H](O)c3ccc4c(c3)CCO4)CC2)CC1. The van der Waals surface area contributed by atoms with E-state index < -0.39 is 16.3 Å². The molecule has 0 radical (unpaired) electrons. The summed E-state index contributed by atoms with van der Waals surface area (Å²) < 4.78 is 34.5. The third kappa shape index (κ3) is 4.21. The minimum absolute atomic E-state index is 0.485. The molecule has 3 aliphatic heterocycles. The van der Waals surface area contributed by atoms with E-state index in [4.69, 9.17) is 4.74 Å². The Morgan fingerprint density at radius 3 is 2.50 bits per heavy atom. The van der Waals surface area contributed by atoms with Crippen molar-refractivity contribution in [1.82, 2.24) is 13.5 Å². The fourth-order valence-corrected chi connectivity index (χ4v) is 5.91. The van der Waals surface area contributed by atoms with Gasteiger partial charge in [-0.2, -0.15) is 17.0 Å². The lowest BCUT2D eigenvalue weighted by molar-refractivity contribution is 0.0902. The lowest BCUT2D eigenvalue weighted by Crippen LogP contribution is -2.54. The first-order valence-electron chi connectivity index (χ1n) is 10.3. The molecule has 0 spiro atoms. The molecule has 0 bridgehead atoms. The number of piperidine rings is 1. The third-order valence-electron chi connectivity index (χ3n) is 6.26. The largest absolute Gasteiger partial charge is 0.493 e. The van der Waals surface area contributed by atoms with Crippen LogP contribution in [0, 0.1) is 5.92 Å². The summed E-state index contributed by atoms with van der Waals surface area (Å²) in [7, 11) is -3.36. The second-order valence-electron chi connectivity index (χ2n) is 8.27. The van der Waals surface area contributed by atoms with Gasteiger partial charge in [0.2, 0.25) is 0 Å². The number of aliphatic hydroxyl groups excluding tert-OH is 1. The Hall–Kier alpha value is -1.19. The van der Waals surface area contributed by atoms with Crippen molar-refractivity contribution >= 4 is 10.2 Å². The van der Waals surface area contributed by atoms with Gasteiger partial charge in [0, 0.05) is 52.2 Å². The van der Waals surface area contributed by atoms with Gasteiger partial charge in [-0.1, -0.05) is 13.0 Å². The average Bonchev–Trinajstić information content (AvgIpc) is 3.16. The van der Waals surface area contributed by atoms with Gasteiger partial charge < -0.3 is 9.84 Å². The molecule has 28 heavy (non-hydrogen) atoms. The van der Waals surface area contributed by atoms with E-state index in [-0.39, 0.29) is 0 Å². The predicted molar refractivity (Wildman–Crippen MR) is 108 cm³/mol. The van der Waals surface area contributed by atoms with Crippen LogP contribution in [0.1, 0.15) is 37.0 Å². The van der Waals surface area contributed by atoms with Crippen molar-refractivity contribution < 1.29 is 18.3 Å². The van der Waals surface area contributed by atoms with Gasteiger partial charge in [0.15, 0.2) is 0 Å². The lowest BCUT2D eigenvalue weighted by atomic mass is 10.0. The number of benzene rings is 1.